The molecule has 0 radical (unpaired) electrons. The largest absolute Gasteiger partial charge is 0.464 e. The van der Waals surface area contributed by atoms with Gasteiger partial charge in [0, 0.05) is 18.3 Å². The van der Waals surface area contributed by atoms with Gasteiger partial charge < -0.3 is 25.6 Å². The SMILES string of the molecule is C=COC(=O)[C@H]1[C@H]2[C@@H]1[C@@](NC(=O)[C@H](C)N)(C(=O)OCC)C[C@@H]2O. The van der Waals surface area contributed by atoms with Crippen molar-refractivity contribution in [1.29, 1.82) is 0 Å². The van der Waals surface area contributed by atoms with Gasteiger partial charge in [0.2, 0.25) is 5.91 Å². The molecule has 0 aromatic rings. The molecule has 23 heavy (non-hydrogen) atoms. The molecule has 2 saturated carbocycles. The smallest absolute Gasteiger partial charge is 0.332 e. The van der Waals surface area contributed by atoms with Crippen molar-refractivity contribution >= 4 is 17.8 Å². The second-order valence-electron chi connectivity index (χ2n) is 5.97. The molecule has 2 rings (SSSR count). The molecule has 0 heterocycles. The van der Waals surface area contributed by atoms with Crippen LogP contribution < -0.4 is 11.1 Å². The minimum Gasteiger partial charge on any atom is -0.464 e. The van der Waals surface area contributed by atoms with Crippen LogP contribution in [0.2, 0.25) is 0 Å². The molecule has 4 N–H and O–H groups in total. The third kappa shape index (κ3) is 2.84. The van der Waals surface area contributed by atoms with E-state index in [4.69, 9.17) is 15.2 Å². The number of aliphatic hydroxyl groups excluding tert-OH is 1. The van der Waals surface area contributed by atoms with E-state index in [-0.39, 0.29) is 13.0 Å². The zero-order valence-electron chi connectivity index (χ0n) is 13.2. The summed E-state index contributed by atoms with van der Waals surface area (Å²) in [6.45, 7) is 6.54. The first-order chi connectivity index (χ1) is 10.8. The van der Waals surface area contributed by atoms with E-state index in [1.165, 1.54) is 6.92 Å². The number of esters is 2. The van der Waals surface area contributed by atoms with Gasteiger partial charge in [0.25, 0.3) is 0 Å². The van der Waals surface area contributed by atoms with Crippen molar-refractivity contribution in [1.82, 2.24) is 5.32 Å². The molecular formula is C15H22N2O6. The van der Waals surface area contributed by atoms with Gasteiger partial charge in [-0.05, 0) is 13.8 Å². The molecule has 0 aromatic heterocycles. The van der Waals surface area contributed by atoms with Crippen LogP contribution >= 0.6 is 0 Å². The summed E-state index contributed by atoms with van der Waals surface area (Å²) in [6.07, 6.45) is 0.0625. The Balaban J connectivity index is 2.31. The van der Waals surface area contributed by atoms with E-state index in [1.807, 2.05) is 0 Å². The van der Waals surface area contributed by atoms with Gasteiger partial charge in [-0.1, -0.05) is 6.58 Å². The lowest BCUT2D eigenvalue weighted by Crippen LogP contribution is -2.60. The first kappa shape index (κ1) is 17.4. The summed E-state index contributed by atoms with van der Waals surface area (Å²) < 4.78 is 9.83. The normalized spacial score (nSPS) is 35.7. The molecule has 128 valence electrons. The van der Waals surface area contributed by atoms with Crippen LogP contribution in [0.1, 0.15) is 20.3 Å². The van der Waals surface area contributed by atoms with E-state index in [0.29, 0.717) is 0 Å². The average Bonchev–Trinajstić information content (AvgIpc) is 3.16. The fourth-order valence-electron chi connectivity index (χ4n) is 3.51. The number of fused-ring (bicyclic) bond motifs is 1. The quantitative estimate of drug-likeness (QED) is 0.425. The van der Waals surface area contributed by atoms with E-state index < -0.39 is 53.3 Å². The molecule has 0 spiro atoms. The second-order valence-corrected chi connectivity index (χ2v) is 5.97. The molecule has 0 unspecified atom stereocenters. The Bertz CT molecular complexity index is 534. The van der Waals surface area contributed by atoms with Gasteiger partial charge in [-0.2, -0.15) is 0 Å². The van der Waals surface area contributed by atoms with E-state index in [1.54, 1.807) is 6.92 Å². The topological polar surface area (TPSA) is 128 Å². The molecule has 2 aliphatic rings. The van der Waals surface area contributed by atoms with Gasteiger partial charge in [-0.3, -0.25) is 9.59 Å². The van der Waals surface area contributed by atoms with Crippen LogP contribution in [-0.4, -0.2) is 47.2 Å². The molecule has 1 amide bonds. The van der Waals surface area contributed by atoms with Crippen molar-refractivity contribution in [3.63, 3.8) is 0 Å². The number of hydrogen-bond donors (Lipinski definition) is 3. The first-order valence-corrected chi connectivity index (χ1v) is 7.54. The highest BCUT2D eigenvalue weighted by atomic mass is 16.5. The Morgan fingerprint density at radius 2 is 2.17 bits per heavy atom. The molecule has 0 bridgehead atoms. The second kappa shape index (κ2) is 6.29. The molecule has 8 nitrogen and oxygen atoms in total. The Hall–Kier alpha value is -1.93. The summed E-state index contributed by atoms with van der Waals surface area (Å²) in [5.74, 6) is -3.53. The minimum absolute atomic E-state index is 0.0164. The number of carbonyl (C=O) groups excluding carboxylic acids is 3. The van der Waals surface area contributed by atoms with Crippen molar-refractivity contribution in [3.8, 4) is 0 Å². The van der Waals surface area contributed by atoms with Crippen LogP contribution in [0.15, 0.2) is 12.8 Å². The van der Waals surface area contributed by atoms with Gasteiger partial charge in [-0.25, -0.2) is 4.79 Å². The fraction of sp³-hybridized carbons (Fsp3) is 0.667. The van der Waals surface area contributed by atoms with Crippen molar-refractivity contribution in [2.45, 2.75) is 38.0 Å². The summed E-state index contributed by atoms with van der Waals surface area (Å²) >= 11 is 0. The predicted molar refractivity (Wildman–Crippen MR) is 78.5 cm³/mol. The Morgan fingerprint density at radius 1 is 1.52 bits per heavy atom. The Kier molecular flexibility index (Phi) is 4.76. The minimum atomic E-state index is -1.46. The summed E-state index contributed by atoms with van der Waals surface area (Å²) in [4.78, 5) is 36.5. The highest BCUT2D eigenvalue weighted by molar-refractivity contribution is 5.93. The molecule has 2 fully saturated rings. The Labute approximate surface area is 134 Å². The molecule has 2 aliphatic carbocycles. The van der Waals surface area contributed by atoms with E-state index in [9.17, 15) is 19.5 Å². The van der Waals surface area contributed by atoms with Crippen LogP contribution in [0.4, 0.5) is 0 Å². The van der Waals surface area contributed by atoms with Crippen molar-refractivity contribution < 1.29 is 29.0 Å². The van der Waals surface area contributed by atoms with Crippen molar-refractivity contribution in [2.75, 3.05) is 6.61 Å². The number of amides is 1. The van der Waals surface area contributed by atoms with Crippen molar-refractivity contribution in [2.24, 2.45) is 23.5 Å². The van der Waals surface area contributed by atoms with Crippen molar-refractivity contribution in [3.05, 3.63) is 12.8 Å². The third-order valence-corrected chi connectivity index (χ3v) is 4.49. The number of aliphatic hydroxyl groups is 1. The van der Waals surface area contributed by atoms with Crippen LogP contribution in [-0.2, 0) is 23.9 Å². The summed E-state index contributed by atoms with van der Waals surface area (Å²) in [5, 5.41) is 12.8. The first-order valence-electron chi connectivity index (χ1n) is 7.54. The van der Waals surface area contributed by atoms with Gasteiger partial charge in [-0.15, -0.1) is 0 Å². The molecule has 6 atom stereocenters. The van der Waals surface area contributed by atoms with Crippen LogP contribution in [0.5, 0.6) is 0 Å². The van der Waals surface area contributed by atoms with Crippen LogP contribution in [0, 0.1) is 17.8 Å². The maximum atomic E-state index is 12.5. The predicted octanol–water partition coefficient (Wildman–Crippen LogP) is -0.935. The van der Waals surface area contributed by atoms with Gasteiger partial charge in [0.05, 0.1) is 30.9 Å². The van der Waals surface area contributed by atoms with Gasteiger partial charge >= 0.3 is 11.9 Å². The number of nitrogens with one attached hydrogen (secondary N) is 1. The number of nitrogens with two attached hydrogens (primary N) is 1. The van der Waals surface area contributed by atoms with Gasteiger partial charge in [0.15, 0.2) is 0 Å². The number of hydrogen-bond acceptors (Lipinski definition) is 7. The lowest BCUT2D eigenvalue weighted by atomic mass is 9.89. The highest BCUT2D eigenvalue weighted by Crippen LogP contribution is 2.63. The standard InChI is InChI=1S/C15H22N2O6/c1-4-22-13(20)10-9-8(18)6-15(11(9)10,14(21)23-5-2)17-12(19)7(3)16/h4,7-11,18H,1,5-6,16H2,2-3H3,(H,17,19)/t7-,8-,9-,10-,11-,15+/m0/s1. The maximum Gasteiger partial charge on any atom is 0.332 e. The molecule has 0 aliphatic heterocycles. The third-order valence-electron chi connectivity index (χ3n) is 4.49. The maximum absolute atomic E-state index is 12.5. The summed E-state index contributed by atoms with van der Waals surface area (Å²) in [6, 6.07) is -0.838. The zero-order chi connectivity index (χ0) is 17.4. The average molecular weight is 326 g/mol. The molecule has 0 aromatic carbocycles. The summed E-state index contributed by atoms with van der Waals surface area (Å²) in [5.41, 5.74) is 4.09. The monoisotopic (exact) mass is 326 g/mol. The van der Waals surface area contributed by atoms with E-state index in [0.717, 1.165) is 6.26 Å². The number of carbonyl (C=O) groups is 3. The van der Waals surface area contributed by atoms with Crippen LogP contribution in [0.25, 0.3) is 0 Å². The van der Waals surface area contributed by atoms with E-state index >= 15 is 0 Å². The fourth-order valence-corrected chi connectivity index (χ4v) is 3.51. The molecule has 0 saturated heterocycles. The highest BCUT2D eigenvalue weighted by Gasteiger charge is 2.76. The van der Waals surface area contributed by atoms with E-state index in [2.05, 4.69) is 11.9 Å². The lowest BCUT2D eigenvalue weighted by Gasteiger charge is -2.32. The lowest BCUT2D eigenvalue weighted by molar-refractivity contribution is -0.156. The van der Waals surface area contributed by atoms with Gasteiger partial charge in [0.1, 0.15) is 5.54 Å². The molecule has 8 heteroatoms. The number of ether oxygens (including phenoxy) is 2. The molecular weight excluding hydrogens is 304 g/mol. The van der Waals surface area contributed by atoms with Crippen LogP contribution in [0.3, 0.4) is 0 Å². The number of rotatable bonds is 6. The summed E-state index contributed by atoms with van der Waals surface area (Å²) in [7, 11) is 0. The Morgan fingerprint density at radius 3 is 2.70 bits per heavy atom. The zero-order valence-corrected chi connectivity index (χ0v) is 13.2.